The van der Waals surface area contributed by atoms with E-state index in [0.717, 1.165) is 11.1 Å². The highest BCUT2D eigenvalue weighted by molar-refractivity contribution is 5.76. The average Bonchev–Trinajstić information content (AvgIpc) is 2.73. The molecule has 174 valence electrons. The Bertz CT molecular complexity index is 950. The van der Waals surface area contributed by atoms with E-state index in [1.807, 2.05) is 26.0 Å². The molecule has 0 saturated heterocycles. The normalized spacial score (nSPS) is 12.1. The Morgan fingerprint density at radius 2 is 1.72 bits per heavy atom. The standard InChI is InChI=1S/C25H34N2O5/c1-16-7-8-18(11-17(16)2)12-20(15-32-23(29)25(3,4)5)27-24(30)26-14-19-9-10-21(28)22(13-19)31-6/h7-11,13,20,28H,12,14-15H2,1-6H3,(H2,26,27,30). The Balaban J connectivity index is 2.04. The van der Waals surface area contributed by atoms with Crippen LogP contribution in [0.2, 0.25) is 0 Å². The Kier molecular flexibility index (Phi) is 8.52. The predicted octanol–water partition coefficient (Wildman–Crippen LogP) is 4.02. The van der Waals surface area contributed by atoms with E-state index >= 15 is 0 Å². The van der Waals surface area contributed by atoms with Gasteiger partial charge in [-0.2, -0.15) is 0 Å². The number of aromatic hydroxyl groups is 1. The molecular weight excluding hydrogens is 408 g/mol. The van der Waals surface area contributed by atoms with Gasteiger partial charge in [-0.1, -0.05) is 24.3 Å². The van der Waals surface area contributed by atoms with Crippen LogP contribution in [-0.4, -0.2) is 36.9 Å². The molecule has 0 fully saturated rings. The van der Waals surface area contributed by atoms with Gasteiger partial charge in [0, 0.05) is 6.54 Å². The van der Waals surface area contributed by atoms with Crippen molar-refractivity contribution >= 4 is 12.0 Å². The van der Waals surface area contributed by atoms with Gasteiger partial charge in [-0.3, -0.25) is 4.79 Å². The van der Waals surface area contributed by atoms with Gasteiger partial charge >= 0.3 is 12.0 Å². The van der Waals surface area contributed by atoms with Crippen molar-refractivity contribution in [3.8, 4) is 11.5 Å². The van der Waals surface area contributed by atoms with Crippen molar-refractivity contribution in [2.45, 2.75) is 53.6 Å². The van der Waals surface area contributed by atoms with E-state index in [-0.39, 0.29) is 30.9 Å². The van der Waals surface area contributed by atoms with Crippen LogP contribution >= 0.6 is 0 Å². The van der Waals surface area contributed by atoms with Crippen LogP contribution in [0.15, 0.2) is 36.4 Å². The molecule has 0 bridgehead atoms. The summed E-state index contributed by atoms with van der Waals surface area (Å²) in [5.41, 5.74) is 3.57. The smallest absolute Gasteiger partial charge is 0.315 e. The van der Waals surface area contributed by atoms with E-state index in [9.17, 15) is 14.7 Å². The van der Waals surface area contributed by atoms with Crippen LogP contribution in [0.1, 0.15) is 43.0 Å². The number of aryl methyl sites for hydroxylation is 2. The highest BCUT2D eigenvalue weighted by atomic mass is 16.5. The SMILES string of the molecule is COc1cc(CNC(=O)NC(COC(=O)C(C)(C)C)Cc2ccc(C)c(C)c2)ccc1O. The molecule has 2 aromatic rings. The molecule has 0 saturated carbocycles. The summed E-state index contributed by atoms with van der Waals surface area (Å²) >= 11 is 0. The fourth-order valence-electron chi connectivity index (χ4n) is 3.01. The van der Waals surface area contributed by atoms with Crippen molar-refractivity contribution in [2.24, 2.45) is 5.41 Å². The summed E-state index contributed by atoms with van der Waals surface area (Å²) in [5.74, 6) is 0.0576. The molecule has 0 spiro atoms. The van der Waals surface area contributed by atoms with Gasteiger partial charge in [0.2, 0.25) is 0 Å². The molecule has 1 unspecified atom stereocenters. The van der Waals surface area contributed by atoms with Gasteiger partial charge in [0.15, 0.2) is 11.5 Å². The largest absolute Gasteiger partial charge is 0.504 e. The van der Waals surface area contributed by atoms with Gasteiger partial charge in [0.25, 0.3) is 0 Å². The molecule has 0 aliphatic rings. The van der Waals surface area contributed by atoms with Crippen molar-refractivity contribution in [3.05, 3.63) is 58.7 Å². The topological polar surface area (TPSA) is 96.9 Å². The molecule has 3 N–H and O–H groups in total. The lowest BCUT2D eigenvalue weighted by Gasteiger charge is -2.23. The molecule has 0 aliphatic carbocycles. The van der Waals surface area contributed by atoms with E-state index in [1.54, 1.807) is 32.9 Å². The number of urea groups is 1. The van der Waals surface area contributed by atoms with Crippen LogP contribution in [0.25, 0.3) is 0 Å². The summed E-state index contributed by atoms with van der Waals surface area (Å²) in [6.07, 6.45) is 0.527. The molecule has 32 heavy (non-hydrogen) atoms. The van der Waals surface area contributed by atoms with Crippen molar-refractivity contribution in [1.82, 2.24) is 10.6 Å². The lowest BCUT2D eigenvalue weighted by molar-refractivity contribution is -0.153. The summed E-state index contributed by atoms with van der Waals surface area (Å²) in [6.45, 7) is 9.79. The average molecular weight is 443 g/mol. The first kappa shape index (κ1) is 25.0. The molecule has 0 aromatic heterocycles. The van der Waals surface area contributed by atoms with Crippen LogP contribution < -0.4 is 15.4 Å². The van der Waals surface area contributed by atoms with E-state index < -0.39 is 11.5 Å². The van der Waals surface area contributed by atoms with Crippen molar-refractivity contribution in [1.29, 1.82) is 0 Å². The fourth-order valence-corrected chi connectivity index (χ4v) is 3.01. The van der Waals surface area contributed by atoms with E-state index in [4.69, 9.17) is 9.47 Å². The van der Waals surface area contributed by atoms with Gasteiger partial charge in [0.05, 0.1) is 18.6 Å². The number of ether oxygens (including phenoxy) is 2. The summed E-state index contributed by atoms with van der Waals surface area (Å²) in [6, 6.07) is 10.3. The van der Waals surface area contributed by atoms with Gasteiger partial charge < -0.3 is 25.2 Å². The Morgan fingerprint density at radius 3 is 2.34 bits per heavy atom. The molecular formula is C25H34N2O5. The highest BCUT2D eigenvalue weighted by Crippen LogP contribution is 2.26. The zero-order valence-electron chi connectivity index (χ0n) is 19.7. The Hall–Kier alpha value is -3.22. The number of carbonyl (C=O) groups is 2. The molecule has 2 rings (SSSR count). The fraction of sp³-hybridized carbons (Fsp3) is 0.440. The maximum atomic E-state index is 12.6. The molecule has 7 nitrogen and oxygen atoms in total. The number of carbonyl (C=O) groups excluding carboxylic acids is 2. The molecule has 0 radical (unpaired) electrons. The maximum Gasteiger partial charge on any atom is 0.315 e. The zero-order chi connectivity index (χ0) is 23.9. The Labute approximate surface area is 190 Å². The van der Waals surface area contributed by atoms with Gasteiger partial charge in [-0.25, -0.2) is 4.79 Å². The molecule has 0 heterocycles. The first-order valence-corrected chi connectivity index (χ1v) is 10.6. The van der Waals surface area contributed by atoms with E-state index in [1.165, 1.54) is 24.3 Å². The minimum atomic E-state index is -0.620. The third-order valence-corrected chi connectivity index (χ3v) is 5.11. The van der Waals surface area contributed by atoms with E-state index in [0.29, 0.717) is 12.2 Å². The summed E-state index contributed by atoms with van der Waals surface area (Å²) < 4.78 is 10.6. The number of phenolic OH excluding ortho intramolecular Hbond substituents is 1. The number of esters is 1. The second-order valence-corrected chi connectivity index (χ2v) is 9.00. The predicted molar refractivity (Wildman–Crippen MR) is 124 cm³/mol. The van der Waals surface area contributed by atoms with Crippen molar-refractivity contribution < 1.29 is 24.2 Å². The van der Waals surface area contributed by atoms with Gasteiger partial charge in [-0.15, -0.1) is 0 Å². The van der Waals surface area contributed by atoms with Gasteiger partial charge in [0.1, 0.15) is 6.61 Å². The maximum absolute atomic E-state index is 12.6. The summed E-state index contributed by atoms with van der Waals surface area (Å²) in [5, 5.41) is 15.4. The molecule has 2 amide bonds. The zero-order valence-corrected chi connectivity index (χ0v) is 19.7. The number of amides is 2. The van der Waals surface area contributed by atoms with Crippen molar-refractivity contribution in [2.75, 3.05) is 13.7 Å². The third kappa shape index (κ3) is 7.48. The van der Waals surface area contributed by atoms with Crippen LogP contribution in [0.4, 0.5) is 4.79 Å². The quantitative estimate of drug-likeness (QED) is 0.537. The second kappa shape index (κ2) is 10.9. The second-order valence-electron chi connectivity index (χ2n) is 9.00. The van der Waals surface area contributed by atoms with Crippen molar-refractivity contribution in [3.63, 3.8) is 0 Å². The first-order chi connectivity index (χ1) is 15.0. The molecule has 1 atom stereocenters. The van der Waals surface area contributed by atoms with Crippen LogP contribution in [-0.2, 0) is 22.5 Å². The van der Waals surface area contributed by atoms with E-state index in [2.05, 4.69) is 16.7 Å². The summed E-state index contributed by atoms with van der Waals surface area (Å²) in [7, 11) is 1.47. The van der Waals surface area contributed by atoms with Crippen LogP contribution in [0.5, 0.6) is 11.5 Å². The highest BCUT2D eigenvalue weighted by Gasteiger charge is 2.25. The minimum Gasteiger partial charge on any atom is -0.504 e. The first-order valence-electron chi connectivity index (χ1n) is 10.6. The summed E-state index contributed by atoms with van der Waals surface area (Å²) in [4.78, 5) is 24.8. The van der Waals surface area contributed by atoms with Gasteiger partial charge in [-0.05, 0) is 75.4 Å². The molecule has 2 aromatic carbocycles. The number of hydrogen-bond donors (Lipinski definition) is 3. The third-order valence-electron chi connectivity index (χ3n) is 5.11. The van der Waals surface area contributed by atoms with Crippen LogP contribution in [0.3, 0.4) is 0 Å². The minimum absolute atomic E-state index is 0.0369. The lowest BCUT2D eigenvalue weighted by Crippen LogP contribution is -2.45. The molecule has 0 aliphatic heterocycles. The molecule has 7 heteroatoms. The number of hydrogen-bond acceptors (Lipinski definition) is 5. The number of phenols is 1. The lowest BCUT2D eigenvalue weighted by atomic mass is 9.97. The number of methoxy groups -OCH3 is 1. The Morgan fingerprint density at radius 1 is 1.03 bits per heavy atom. The monoisotopic (exact) mass is 442 g/mol. The number of nitrogens with one attached hydrogen (secondary N) is 2. The van der Waals surface area contributed by atoms with Crippen LogP contribution in [0, 0.1) is 19.3 Å². The number of rotatable bonds is 8. The number of benzene rings is 2.